The van der Waals surface area contributed by atoms with E-state index in [2.05, 4.69) is 0 Å². The van der Waals surface area contributed by atoms with Gasteiger partial charge in [0, 0.05) is 13.1 Å². The summed E-state index contributed by atoms with van der Waals surface area (Å²) < 4.78 is 0. The lowest BCUT2D eigenvalue weighted by Gasteiger charge is -2.23. The predicted molar refractivity (Wildman–Crippen MR) is 53.2 cm³/mol. The van der Waals surface area contributed by atoms with Gasteiger partial charge in [-0.25, -0.2) is 0 Å². The molecule has 2 N–H and O–H groups in total. The van der Waals surface area contributed by atoms with Crippen molar-refractivity contribution in [3.05, 3.63) is 0 Å². The number of nitrogens with zero attached hydrogens (tertiary/aromatic N) is 1. The van der Waals surface area contributed by atoms with Crippen LogP contribution in [0.5, 0.6) is 0 Å². The topological polar surface area (TPSA) is 46.3 Å². The standard InChI is InChI=1S/C10H20N2O/c1-4-12(5-2)9(13)10(3)6-8(10)7-11/h8H,4-7,11H2,1-3H3. The lowest BCUT2D eigenvalue weighted by atomic mass is 10.0. The second-order valence-electron chi connectivity index (χ2n) is 4.03. The molecule has 1 rings (SSSR count). The Kier molecular flexibility index (Phi) is 2.96. The first-order valence-corrected chi connectivity index (χ1v) is 5.09. The van der Waals surface area contributed by atoms with Gasteiger partial charge in [-0.15, -0.1) is 0 Å². The largest absolute Gasteiger partial charge is 0.343 e. The molecule has 13 heavy (non-hydrogen) atoms. The molecule has 0 aromatic carbocycles. The van der Waals surface area contributed by atoms with Crippen LogP contribution in [0.2, 0.25) is 0 Å². The zero-order valence-electron chi connectivity index (χ0n) is 8.84. The van der Waals surface area contributed by atoms with Crippen LogP contribution >= 0.6 is 0 Å². The van der Waals surface area contributed by atoms with Crippen LogP contribution in [-0.4, -0.2) is 30.4 Å². The van der Waals surface area contributed by atoms with Crippen LogP contribution in [0.25, 0.3) is 0 Å². The summed E-state index contributed by atoms with van der Waals surface area (Å²) in [6.07, 6.45) is 0.971. The smallest absolute Gasteiger partial charge is 0.228 e. The third kappa shape index (κ3) is 1.70. The summed E-state index contributed by atoms with van der Waals surface area (Å²) in [5.74, 6) is 0.702. The first-order valence-electron chi connectivity index (χ1n) is 5.09. The molecule has 1 amide bonds. The monoisotopic (exact) mass is 184 g/mol. The first-order chi connectivity index (χ1) is 6.10. The maximum Gasteiger partial charge on any atom is 0.228 e. The molecule has 1 aliphatic carbocycles. The number of nitrogens with two attached hydrogens (primary N) is 1. The van der Waals surface area contributed by atoms with Gasteiger partial charge in [-0.1, -0.05) is 6.92 Å². The summed E-state index contributed by atoms with van der Waals surface area (Å²) >= 11 is 0. The van der Waals surface area contributed by atoms with Crippen molar-refractivity contribution in [3.63, 3.8) is 0 Å². The molecule has 2 atom stereocenters. The van der Waals surface area contributed by atoms with E-state index in [1.165, 1.54) is 0 Å². The highest BCUT2D eigenvalue weighted by atomic mass is 16.2. The highest BCUT2D eigenvalue weighted by molar-refractivity contribution is 5.85. The summed E-state index contributed by atoms with van der Waals surface area (Å²) in [4.78, 5) is 13.8. The highest BCUT2D eigenvalue weighted by Gasteiger charge is 2.55. The summed E-state index contributed by atoms with van der Waals surface area (Å²) in [5, 5.41) is 0. The fraction of sp³-hybridized carbons (Fsp3) is 0.900. The summed E-state index contributed by atoms with van der Waals surface area (Å²) in [6.45, 7) is 8.33. The van der Waals surface area contributed by atoms with E-state index in [-0.39, 0.29) is 11.3 Å². The average Bonchev–Trinajstić information content (AvgIpc) is 2.81. The van der Waals surface area contributed by atoms with Crippen LogP contribution < -0.4 is 5.73 Å². The third-order valence-corrected chi connectivity index (χ3v) is 3.24. The molecule has 0 heterocycles. The molecule has 0 aliphatic heterocycles. The quantitative estimate of drug-likeness (QED) is 0.703. The van der Waals surface area contributed by atoms with Crippen LogP contribution in [0.1, 0.15) is 27.2 Å². The van der Waals surface area contributed by atoms with E-state index in [0.29, 0.717) is 12.5 Å². The molecule has 0 spiro atoms. The van der Waals surface area contributed by atoms with Crippen molar-refractivity contribution >= 4 is 5.91 Å². The van der Waals surface area contributed by atoms with Crippen molar-refractivity contribution < 1.29 is 4.79 Å². The van der Waals surface area contributed by atoms with Crippen LogP contribution in [0.15, 0.2) is 0 Å². The molecule has 0 aromatic rings. The van der Waals surface area contributed by atoms with Gasteiger partial charge in [-0.3, -0.25) is 4.79 Å². The SMILES string of the molecule is CCN(CC)C(=O)C1(C)CC1CN. The van der Waals surface area contributed by atoms with Crippen molar-refractivity contribution in [3.8, 4) is 0 Å². The van der Waals surface area contributed by atoms with Gasteiger partial charge >= 0.3 is 0 Å². The second kappa shape index (κ2) is 3.66. The van der Waals surface area contributed by atoms with Crippen molar-refractivity contribution in [1.29, 1.82) is 0 Å². The Bertz CT molecular complexity index is 201. The molecule has 76 valence electrons. The van der Waals surface area contributed by atoms with Crippen molar-refractivity contribution in [1.82, 2.24) is 4.90 Å². The molecule has 0 bridgehead atoms. The van der Waals surface area contributed by atoms with Gasteiger partial charge in [0.05, 0.1) is 5.41 Å². The molecule has 1 aliphatic rings. The van der Waals surface area contributed by atoms with E-state index in [0.717, 1.165) is 19.5 Å². The number of hydrogen-bond acceptors (Lipinski definition) is 2. The highest BCUT2D eigenvalue weighted by Crippen LogP contribution is 2.52. The second-order valence-corrected chi connectivity index (χ2v) is 4.03. The number of carbonyl (C=O) groups is 1. The average molecular weight is 184 g/mol. The number of rotatable bonds is 4. The predicted octanol–water partition coefficient (Wildman–Crippen LogP) is 0.840. The fourth-order valence-electron chi connectivity index (χ4n) is 1.93. The normalized spacial score (nSPS) is 31.5. The first kappa shape index (κ1) is 10.5. The van der Waals surface area contributed by atoms with Crippen molar-refractivity contribution in [2.45, 2.75) is 27.2 Å². The van der Waals surface area contributed by atoms with E-state index in [4.69, 9.17) is 5.73 Å². The lowest BCUT2D eigenvalue weighted by Crippen LogP contribution is -2.37. The summed E-state index contributed by atoms with van der Waals surface area (Å²) in [5.41, 5.74) is 5.42. The zero-order chi connectivity index (χ0) is 10.1. The third-order valence-electron chi connectivity index (χ3n) is 3.24. The molecule has 2 unspecified atom stereocenters. The Labute approximate surface area is 80.3 Å². The maximum absolute atomic E-state index is 11.9. The van der Waals surface area contributed by atoms with Gasteiger partial charge in [0.1, 0.15) is 0 Å². The summed E-state index contributed by atoms with van der Waals surface area (Å²) in [7, 11) is 0. The van der Waals surface area contributed by atoms with Gasteiger partial charge in [0.25, 0.3) is 0 Å². The number of hydrogen-bond donors (Lipinski definition) is 1. The van der Waals surface area contributed by atoms with Gasteiger partial charge in [0.2, 0.25) is 5.91 Å². The van der Waals surface area contributed by atoms with Crippen LogP contribution in [-0.2, 0) is 4.79 Å². The maximum atomic E-state index is 11.9. The fourth-order valence-corrected chi connectivity index (χ4v) is 1.93. The van der Waals surface area contributed by atoms with Gasteiger partial charge in [-0.2, -0.15) is 0 Å². The van der Waals surface area contributed by atoms with Gasteiger partial charge in [-0.05, 0) is 32.7 Å². The Hall–Kier alpha value is -0.570. The lowest BCUT2D eigenvalue weighted by molar-refractivity contribution is -0.136. The van der Waals surface area contributed by atoms with E-state index in [9.17, 15) is 4.79 Å². The molecular formula is C10H20N2O. The minimum Gasteiger partial charge on any atom is -0.343 e. The van der Waals surface area contributed by atoms with E-state index in [1.54, 1.807) is 0 Å². The molecule has 0 aromatic heterocycles. The van der Waals surface area contributed by atoms with E-state index in [1.807, 2.05) is 25.7 Å². The Morgan fingerprint density at radius 2 is 2.08 bits per heavy atom. The Balaban J connectivity index is 2.58. The molecule has 3 heteroatoms. The molecular weight excluding hydrogens is 164 g/mol. The molecule has 3 nitrogen and oxygen atoms in total. The minimum atomic E-state index is -0.138. The zero-order valence-corrected chi connectivity index (χ0v) is 8.84. The van der Waals surface area contributed by atoms with E-state index >= 15 is 0 Å². The molecule has 1 saturated carbocycles. The van der Waals surface area contributed by atoms with E-state index < -0.39 is 0 Å². The van der Waals surface area contributed by atoms with Crippen LogP contribution in [0, 0.1) is 11.3 Å². The van der Waals surface area contributed by atoms with Gasteiger partial charge in [0.15, 0.2) is 0 Å². The van der Waals surface area contributed by atoms with Gasteiger partial charge < -0.3 is 10.6 Å². The van der Waals surface area contributed by atoms with Crippen LogP contribution in [0.3, 0.4) is 0 Å². The molecule has 1 fully saturated rings. The molecule has 0 saturated heterocycles. The Morgan fingerprint density at radius 3 is 2.38 bits per heavy atom. The molecule has 0 radical (unpaired) electrons. The van der Waals surface area contributed by atoms with Crippen molar-refractivity contribution in [2.75, 3.05) is 19.6 Å². The van der Waals surface area contributed by atoms with Crippen molar-refractivity contribution in [2.24, 2.45) is 17.1 Å². The number of carbonyl (C=O) groups excluding carboxylic acids is 1. The minimum absolute atomic E-state index is 0.138. The Morgan fingerprint density at radius 1 is 1.54 bits per heavy atom. The summed E-state index contributed by atoms with van der Waals surface area (Å²) in [6, 6.07) is 0. The van der Waals surface area contributed by atoms with Crippen LogP contribution in [0.4, 0.5) is 0 Å². The number of amides is 1.